The zero-order valence-electron chi connectivity index (χ0n) is 49.9. The van der Waals surface area contributed by atoms with Crippen LogP contribution in [0.25, 0.3) is 0 Å². The molecule has 84 heavy (non-hydrogen) atoms. The monoisotopic (exact) mass is 1130 g/mol. The highest BCUT2D eigenvalue weighted by molar-refractivity contribution is 6.06. The van der Waals surface area contributed by atoms with Crippen LogP contribution < -0.4 is 36.4 Å². The normalized spacial score (nSPS) is 13.0. The Bertz CT molecular complexity index is 3390. The molecule has 3 aliphatic heterocycles. The number of benzene rings is 6. The number of urea groups is 1. The molecule has 17 nitrogen and oxygen atoms in total. The number of carbonyl (C=O) groups is 5. The minimum atomic E-state index is -0.299. The van der Waals surface area contributed by atoms with Gasteiger partial charge in [-0.2, -0.15) is 0 Å². The van der Waals surface area contributed by atoms with Crippen LogP contribution in [-0.2, 0) is 52.9 Å². The molecule has 0 radical (unpaired) electrons. The Morgan fingerprint density at radius 2 is 0.810 bits per heavy atom. The van der Waals surface area contributed by atoms with Crippen LogP contribution in [0, 0.1) is 0 Å². The number of carbonyl (C=O) groups excluding carboxylic acids is 5. The van der Waals surface area contributed by atoms with Crippen LogP contribution in [0.3, 0.4) is 0 Å². The lowest BCUT2D eigenvalue weighted by molar-refractivity contribution is -0.119. The number of nitrogens with zero attached hydrogens (tertiary/aromatic N) is 8. The molecule has 0 fully saturated rings. The second-order valence-electron chi connectivity index (χ2n) is 20.9. The Labute approximate surface area is 495 Å². The van der Waals surface area contributed by atoms with Crippen LogP contribution in [0.4, 0.5) is 60.8 Å². The highest BCUT2D eigenvalue weighted by Crippen LogP contribution is 2.41. The van der Waals surface area contributed by atoms with Gasteiger partial charge in [-0.25, -0.2) is 14.6 Å². The summed E-state index contributed by atoms with van der Waals surface area (Å²) in [6.45, 7) is 20.9. The third-order valence-electron chi connectivity index (χ3n) is 15.8. The predicted octanol–water partition coefficient (Wildman–Crippen LogP) is 11.4. The van der Waals surface area contributed by atoms with Crippen molar-refractivity contribution >= 4 is 81.0 Å². The molecule has 0 aliphatic carbocycles. The Balaban J connectivity index is 0.000000166. The van der Waals surface area contributed by atoms with Gasteiger partial charge in [0.05, 0.1) is 53.8 Å². The van der Waals surface area contributed by atoms with Crippen LogP contribution >= 0.6 is 0 Å². The molecule has 3 aliphatic rings. The fraction of sp³-hybridized carbons (Fsp3) is 0.343. The van der Waals surface area contributed by atoms with Gasteiger partial charge in [0.25, 0.3) is 0 Å². The molecule has 0 saturated carbocycles. The standard InChI is InChI=1S/C24H27N5O2.C23H30N4O2.C20H25N3O/c1-3-27(4-2)16-23(30)29-21-8-6-5-7-18(21)9-10-19-11-12-20(15-22(19)29)26-24(31)28-14-13-25-17-28;1-4-24-23(29)25-19-14-13-18-12-11-17-9-7-8-10-20(17)27(21(18)15-19)22(28)16-26(5-2)6-3;1-3-22(4-2)14-20(24)23-18-8-6-5-7-15(18)9-10-16-11-12-17(21)13-19(16)23/h5-8,11-15,17H,3-4,9-10,16H2,1-2H3,(H,26,31);7-10,13-15H,4-6,11-12,16H2,1-3H3,(H2,24,25,29);5-8,11-13H,3-4,9-10,14,21H2,1-2H3. The van der Waals surface area contributed by atoms with E-state index in [1.165, 1.54) is 22.0 Å². The molecule has 4 heterocycles. The molecule has 0 bridgehead atoms. The van der Waals surface area contributed by atoms with E-state index in [1.54, 1.807) is 12.4 Å². The lowest BCUT2D eigenvalue weighted by Gasteiger charge is -2.28. The first-order valence-electron chi connectivity index (χ1n) is 29.7. The zero-order valence-corrected chi connectivity index (χ0v) is 49.9. The largest absolute Gasteiger partial charge is 0.399 e. The van der Waals surface area contributed by atoms with Crippen molar-refractivity contribution in [1.29, 1.82) is 0 Å². The molecular formula is C67H82N12O5. The molecule has 0 unspecified atom stereocenters. The van der Waals surface area contributed by atoms with Gasteiger partial charge in [-0.15, -0.1) is 0 Å². The third-order valence-corrected chi connectivity index (χ3v) is 15.8. The number of imidazole rings is 1. The number of aryl methyl sites for hydroxylation is 6. The summed E-state index contributed by atoms with van der Waals surface area (Å²) < 4.78 is 1.38. The van der Waals surface area contributed by atoms with Gasteiger partial charge >= 0.3 is 12.1 Å². The maximum absolute atomic E-state index is 13.5. The van der Waals surface area contributed by atoms with E-state index >= 15 is 0 Å². The van der Waals surface area contributed by atoms with E-state index in [2.05, 4.69) is 95.4 Å². The number of likely N-dealkylation sites (N-methyl/N-ethyl adjacent to an activating group) is 3. The molecule has 6 amide bonds. The van der Waals surface area contributed by atoms with Crippen molar-refractivity contribution in [3.05, 3.63) is 179 Å². The minimum absolute atomic E-state index is 0.0254. The first-order valence-corrected chi connectivity index (χ1v) is 29.7. The molecule has 0 spiro atoms. The molecule has 7 aromatic rings. The molecule has 0 atom stereocenters. The Morgan fingerprint density at radius 1 is 0.452 bits per heavy atom. The number of hydrogen-bond donors (Lipinski definition) is 4. The smallest absolute Gasteiger partial charge is 0.331 e. The highest BCUT2D eigenvalue weighted by Gasteiger charge is 2.30. The molecule has 440 valence electrons. The van der Waals surface area contributed by atoms with E-state index in [0.29, 0.717) is 43.2 Å². The van der Waals surface area contributed by atoms with Gasteiger partial charge in [0.15, 0.2) is 0 Å². The van der Waals surface area contributed by atoms with Gasteiger partial charge in [0, 0.05) is 36.0 Å². The molecule has 10 rings (SSSR count). The second-order valence-corrected chi connectivity index (χ2v) is 20.9. The summed E-state index contributed by atoms with van der Waals surface area (Å²) in [5.41, 5.74) is 20.3. The lowest BCUT2D eigenvalue weighted by Crippen LogP contribution is -2.38. The van der Waals surface area contributed by atoms with Crippen molar-refractivity contribution in [2.45, 2.75) is 87.0 Å². The van der Waals surface area contributed by atoms with Crippen LogP contribution in [0.2, 0.25) is 0 Å². The average molecular weight is 1140 g/mol. The van der Waals surface area contributed by atoms with Gasteiger partial charge in [-0.1, -0.05) is 114 Å². The van der Waals surface area contributed by atoms with E-state index in [0.717, 1.165) is 134 Å². The number of aromatic nitrogens is 2. The number of nitrogens with two attached hydrogens (primary N) is 1. The summed E-state index contributed by atoms with van der Waals surface area (Å²) in [4.78, 5) is 80.3. The minimum Gasteiger partial charge on any atom is -0.399 e. The van der Waals surface area contributed by atoms with Crippen molar-refractivity contribution in [2.75, 3.05) is 96.5 Å². The maximum atomic E-state index is 13.5. The van der Waals surface area contributed by atoms with Crippen molar-refractivity contribution < 1.29 is 24.0 Å². The number of para-hydroxylation sites is 3. The van der Waals surface area contributed by atoms with Gasteiger partial charge in [0.2, 0.25) is 17.7 Å². The van der Waals surface area contributed by atoms with E-state index in [-0.39, 0.29) is 29.8 Å². The Kier molecular flexibility index (Phi) is 21.6. The molecular weight excluding hydrogens is 1050 g/mol. The van der Waals surface area contributed by atoms with Crippen molar-refractivity contribution in [2.24, 2.45) is 0 Å². The number of hydrogen-bond acceptors (Lipinski definition) is 10. The first kappa shape index (κ1) is 61.4. The summed E-state index contributed by atoms with van der Waals surface area (Å²) in [5, 5.41) is 8.50. The first-order chi connectivity index (χ1) is 40.8. The van der Waals surface area contributed by atoms with Gasteiger partial charge in [-0.05, 0) is 173 Å². The van der Waals surface area contributed by atoms with E-state index < -0.39 is 0 Å². The second kappa shape index (κ2) is 29.6. The topological polar surface area (TPSA) is 185 Å². The van der Waals surface area contributed by atoms with Crippen molar-refractivity contribution in [3.63, 3.8) is 0 Å². The number of fused-ring (bicyclic) bond motifs is 6. The lowest BCUT2D eigenvalue weighted by atomic mass is 10.0. The third kappa shape index (κ3) is 14.9. The highest BCUT2D eigenvalue weighted by atomic mass is 16.2. The Hall–Kier alpha value is -8.64. The summed E-state index contributed by atoms with van der Waals surface area (Å²) >= 11 is 0. The number of anilines is 9. The summed E-state index contributed by atoms with van der Waals surface area (Å²) in [7, 11) is 0. The van der Waals surface area contributed by atoms with Gasteiger partial charge in [-0.3, -0.25) is 48.4 Å². The maximum Gasteiger partial charge on any atom is 0.331 e. The quantitative estimate of drug-likeness (QED) is 0.0720. The SMILES string of the molecule is CCN(CC)CC(=O)N1c2ccccc2CCc2ccc(N)cc21.CCN(CC)CC(=O)N1c2ccccc2CCc2ccc(NC(=O)n3ccnc3)cc21.CCNC(=O)Nc1ccc2c(c1)N(C(=O)CN(CC)CC)c1ccccc1CC2. The van der Waals surface area contributed by atoms with Crippen LogP contribution in [0.15, 0.2) is 146 Å². The zero-order chi connectivity index (χ0) is 59.7. The van der Waals surface area contributed by atoms with Crippen LogP contribution in [0.1, 0.15) is 81.8 Å². The van der Waals surface area contributed by atoms with E-state index in [1.807, 2.05) is 131 Å². The van der Waals surface area contributed by atoms with Gasteiger partial charge in [0.1, 0.15) is 6.33 Å². The number of nitrogen functional groups attached to an aromatic ring is 1. The molecule has 0 saturated heterocycles. The van der Waals surface area contributed by atoms with Gasteiger partial charge < -0.3 is 21.7 Å². The summed E-state index contributed by atoms with van der Waals surface area (Å²) in [6, 6.07) is 41.3. The number of rotatable bonds is 15. The number of nitrogens with one attached hydrogen (secondary N) is 3. The molecule has 5 N–H and O–H groups in total. The summed E-state index contributed by atoms with van der Waals surface area (Å²) in [6.07, 6.45) is 9.87. The Morgan fingerprint density at radius 3 is 1.18 bits per heavy atom. The van der Waals surface area contributed by atoms with Crippen molar-refractivity contribution in [1.82, 2.24) is 29.6 Å². The fourth-order valence-corrected chi connectivity index (χ4v) is 11.0. The van der Waals surface area contributed by atoms with Crippen LogP contribution in [0.5, 0.6) is 0 Å². The number of amides is 6. The van der Waals surface area contributed by atoms with E-state index in [9.17, 15) is 24.0 Å². The van der Waals surface area contributed by atoms with E-state index in [4.69, 9.17) is 5.73 Å². The van der Waals surface area contributed by atoms with Crippen LogP contribution in [-0.4, -0.2) is 119 Å². The fourth-order valence-electron chi connectivity index (χ4n) is 11.0. The molecule has 1 aromatic heterocycles. The molecule has 17 heteroatoms. The molecule has 6 aromatic carbocycles. The van der Waals surface area contributed by atoms with Crippen molar-refractivity contribution in [3.8, 4) is 0 Å². The average Bonchev–Trinajstić information content (AvgIpc) is 4.11. The summed E-state index contributed by atoms with van der Waals surface area (Å²) in [5.74, 6) is 0.164. The predicted molar refractivity (Wildman–Crippen MR) is 339 cm³/mol.